The number of rotatable bonds is 3. The molecule has 0 atom stereocenters. The van der Waals surface area contributed by atoms with Crippen molar-refractivity contribution < 1.29 is 9.18 Å². The van der Waals surface area contributed by atoms with Crippen LogP contribution in [0.3, 0.4) is 0 Å². The number of benzene rings is 1. The Kier molecular flexibility index (Phi) is 5.79. The molecule has 26 heavy (non-hydrogen) atoms. The summed E-state index contributed by atoms with van der Waals surface area (Å²) in [5.41, 5.74) is 1.63. The standard InChI is InChI=1S/C19H18Cl2FN3O/c1-13(14-2-4-16(22)5-3-14)10-18(26)24-6-8-25(9-7-24)19-17(21)11-15(20)12-23-19/h2-5,10-12H,6-9H2,1H3/b13-10+. The van der Waals surface area contributed by atoms with Gasteiger partial charge in [-0.1, -0.05) is 35.3 Å². The Bertz CT molecular complexity index is 831. The van der Waals surface area contributed by atoms with E-state index >= 15 is 0 Å². The van der Waals surface area contributed by atoms with Crippen LogP contribution in [0.2, 0.25) is 10.0 Å². The van der Waals surface area contributed by atoms with Crippen molar-refractivity contribution >= 4 is 40.5 Å². The summed E-state index contributed by atoms with van der Waals surface area (Å²) >= 11 is 12.1. The Morgan fingerprint density at radius 1 is 1.15 bits per heavy atom. The van der Waals surface area contributed by atoms with Crippen molar-refractivity contribution in [2.24, 2.45) is 0 Å². The first-order chi connectivity index (χ1) is 12.4. The second-order valence-electron chi connectivity index (χ2n) is 6.11. The van der Waals surface area contributed by atoms with E-state index in [4.69, 9.17) is 23.2 Å². The van der Waals surface area contributed by atoms with Crippen LogP contribution in [0.25, 0.3) is 5.57 Å². The van der Waals surface area contributed by atoms with Crippen molar-refractivity contribution in [1.29, 1.82) is 0 Å². The number of allylic oxidation sites excluding steroid dienone is 1. The zero-order valence-corrected chi connectivity index (χ0v) is 15.8. The third-order valence-electron chi connectivity index (χ3n) is 4.32. The number of aromatic nitrogens is 1. The summed E-state index contributed by atoms with van der Waals surface area (Å²) < 4.78 is 13.0. The van der Waals surface area contributed by atoms with E-state index in [-0.39, 0.29) is 11.7 Å². The van der Waals surface area contributed by atoms with Crippen molar-refractivity contribution in [3.05, 3.63) is 64.0 Å². The molecule has 1 fully saturated rings. The third kappa shape index (κ3) is 4.34. The highest BCUT2D eigenvalue weighted by molar-refractivity contribution is 6.36. The lowest BCUT2D eigenvalue weighted by Gasteiger charge is -2.35. The number of hydrogen-bond donors (Lipinski definition) is 0. The number of hydrogen-bond acceptors (Lipinski definition) is 3. The van der Waals surface area contributed by atoms with Gasteiger partial charge in [-0.25, -0.2) is 9.37 Å². The zero-order valence-electron chi connectivity index (χ0n) is 14.3. The van der Waals surface area contributed by atoms with Gasteiger partial charge in [-0.15, -0.1) is 0 Å². The van der Waals surface area contributed by atoms with Crippen molar-refractivity contribution in [3.63, 3.8) is 0 Å². The maximum absolute atomic E-state index is 13.0. The number of amides is 1. The van der Waals surface area contributed by atoms with Gasteiger partial charge in [-0.2, -0.15) is 0 Å². The molecule has 0 N–H and O–H groups in total. The lowest BCUT2D eigenvalue weighted by Crippen LogP contribution is -2.48. The lowest BCUT2D eigenvalue weighted by atomic mass is 10.1. The van der Waals surface area contributed by atoms with Gasteiger partial charge in [0.25, 0.3) is 0 Å². The minimum absolute atomic E-state index is 0.0540. The Hall–Kier alpha value is -2.11. The number of piperazine rings is 1. The maximum atomic E-state index is 13.0. The van der Waals surface area contributed by atoms with Crippen LogP contribution in [0, 0.1) is 5.82 Å². The van der Waals surface area contributed by atoms with Crippen molar-refractivity contribution in [2.45, 2.75) is 6.92 Å². The minimum atomic E-state index is -0.293. The molecule has 1 aromatic heterocycles. The average molecular weight is 394 g/mol. The van der Waals surface area contributed by atoms with Crippen LogP contribution in [0.15, 0.2) is 42.6 Å². The number of halogens is 3. The Labute approximate surface area is 161 Å². The first kappa shape index (κ1) is 18.7. The fourth-order valence-corrected chi connectivity index (χ4v) is 3.35. The topological polar surface area (TPSA) is 36.4 Å². The minimum Gasteiger partial charge on any atom is -0.352 e. The predicted molar refractivity (Wildman–Crippen MR) is 103 cm³/mol. The first-order valence-electron chi connectivity index (χ1n) is 8.23. The van der Waals surface area contributed by atoms with Crippen molar-refractivity contribution in [3.8, 4) is 0 Å². The third-order valence-corrected chi connectivity index (χ3v) is 4.80. The van der Waals surface area contributed by atoms with E-state index in [1.165, 1.54) is 12.1 Å². The molecule has 0 bridgehead atoms. The van der Waals surface area contributed by atoms with Crippen LogP contribution < -0.4 is 4.90 Å². The van der Waals surface area contributed by atoms with E-state index in [1.54, 1.807) is 35.4 Å². The molecular formula is C19H18Cl2FN3O. The van der Waals surface area contributed by atoms with E-state index in [2.05, 4.69) is 4.98 Å². The van der Waals surface area contributed by atoms with Gasteiger partial charge in [0.05, 0.1) is 10.0 Å². The van der Waals surface area contributed by atoms with Gasteiger partial charge in [0.15, 0.2) is 0 Å². The molecule has 0 aliphatic carbocycles. The molecule has 0 spiro atoms. The summed E-state index contributed by atoms with van der Waals surface area (Å²) in [5.74, 6) is 0.335. The van der Waals surface area contributed by atoms with Crippen LogP contribution in [-0.4, -0.2) is 42.0 Å². The highest BCUT2D eigenvalue weighted by Crippen LogP contribution is 2.27. The number of anilines is 1. The van der Waals surface area contributed by atoms with Crippen LogP contribution in [0.1, 0.15) is 12.5 Å². The lowest BCUT2D eigenvalue weighted by molar-refractivity contribution is -0.126. The molecule has 2 aromatic rings. The van der Waals surface area contributed by atoms with Gasteiger partial charge < -0.3 is 9.80 Å². The molecule has 2 heterocycles. The highest BCUT2D eigenvalue weighted by atomic mass is 35.5. The van der Waals surface area contributed by atoms with Crippen LogP contribution in [0.5, 0.6) is 0 Å². The second kappa shape index (κ2) is 8.06. The van der Waals surface area contributed by atoms with E-state index in [0.29, 0.717) is 42.0 Å². The summed E-state index contributed by atoms with van der Waals surface area (Å²) in [6.07, 6.45) is 3.16. The summed E-state index contributed by atoms with van der Waals surface area (Å²) in [6.45, 7) is 4.28. The van der Waals surface area contributed by atoms with Gasteiger partial charge in [0.2, 0.25) is 5.91 Å². The number of nitrogens with zero attached hydrogens (tertiary/aromatic N) is 3. The molecule has 1 aliphatic heterocycles. The SMILES string of the molecule is C/C(=C\C(=O)N1CCN(c2ncc(Cl)cc2Cl)CC1)c1ccc(F)cc1. The fourth-order valence-electron chi connectivity index (χ4n) is 2.85. The molecule has 3 rings (SSSR count). The molecule has 1 aliphatic rings. The molecule has 1 saturated heterocycles. The van der Waals surface area contributed by atoms with Crippen LogP contribution in [0.4, 0.5) is 10.2 Å². The molecule has 7 heteroatoms. The van der Waals surface area contributed by atoms with E-state index < -0.39 is 0 Å². The average Bonchev–Trinajstić information content (AvgIpc) is 2.62. The number of pyridine rings is 1. The number of carbonyl (C=O) groups is 1. The summed E-state index contributed by atoms with van der Waals surface area (Å²) in [7, 11) is 0. The zero-order chi connectivity index (χ0) is 18.7. The van der Waals surface area contributed by atoms with Crippen molar-refractivity contribution in [2.75, 3.05) is 31.1 Å². The summed E-state index contributed by atoms with van der Waals surface area (Å²) in [4.78, 5) is 20.6. The summed E-state index contributed by atoms with van der Waals surface area (Å²) in [6, 6.07) is 7.77. The molecular weight excluding hydrogens is 376 g/mol. The van der Waals surface area contributed by atoms with Gasteiger partial charge in [0, 0.05) is 38.5 Å². The van der Waals surface area contributed by atoms with E-state index in [9.17, 15) is 9.18 Å². The molecule has 0 saturated carbocycles. The molecule has 0 unspecified atom stereocenters. The van der Waals surface area contributed by atoms with Crippen LogP contribution >= 0.6 is 23.2 Å². The normalized spacial score (nSPS) is 15.3. The highest BCUT2D eigenvalue weighted by Gasteiger charge is 2.22. The Morgan fingerprint density at radius 3 is 2.42 bits per heavy atom. The van der Waals surface area contributed by atoms with E-state index in [0.717, 1.165) is 11.1 Å². The predicted octanol–water partition coefficient (Wildman–Crippen LogP) is 4.28. The van der Waals surface area contributed by atoms with E-state index in [1.807, 2.05) is 11.8 Å². The van der Waals surface area contributed by atoms with Gasteiger partial charge in [-0.05, 0) is 36.3 Å². The molecule has 1 aromatic carbocycles. The van der Waals surface area contributed by atoms with Gasteiger partial charge in [-0.3, -0.25) is 4.79 Å². The van der Waals surface area contributed by atoms with Gasteiger partial charge >= 0.3 is 0 Å². The molecule has 136 valence electrons. The Morgan fingerprint density at radius 2 is 1.81 bits per heavy atom. The monoisotopic (exact) mass is 393 g/mol. The van der Waals surface area contributed by atoms with Crippen LogP contribution in [-0.2, 0) is 4.79 Å². The second-order valence-corrected chi connectivity index (χ2v) is 6.95. The van der Waals surface area contributed by atoms with Crippen molar-refractivity contribution in [1.82, 2.24) is 9.88 Å². The van der Waals surface area contributed by atoms with Gasteiger partial charge in [0.1, 0.15) is 11.6 Å². The molecule has 0 radical (unpaired) electrons. The maximum Gasteiger partial charge on any atom is 0.246 e. The first-order valence-corrected chi connectivity index (χ1v) is 8.99. The quantitative estimate of drug-likeness (QED) is 0.730. The Balaban J connectivity index is 1.63. The fraction of sp³-hybridized carbons (Fsp3) is 0.263. The molecule has 4 nitrogen and oxygen atoms in total. The number of carbonyl (C=O) groups excluding carboxylic acids is 1. The smallest absolute Gasteiger partial charge is 0.246 e. The largest absolute Gasteiger partial charge is 0.352 e. The molecule has 1 amide bonds. The summed E-state index contributed by atoms with van der Waals surface area (Å²) in [5, 5.41) is 0.998.